The van der Waals surface area contributed by atoms with E-state index in [2.05, 4.69) is 5.10 Å². The summed E-state index contributed by atoms with van der Waals surface area (Å²) in [5.74, 6) is 0.556. The fraction of sp³-hybridized carbons (Fsp3) is 0.474. The second-order valence-electron chi connectivity index (χ2n) is 6.95. The van der Waals surface area contributed by atoms with Gasteiger partial charge in [-0.05, 0) is 51.1 Å². The van der Waals surface area contributed by atoms with Crippen LogP contribution in [0.2, 0.25) is 0 Å². The van der Waals surface area contributed by atoms with Gasteiger partial charge in [0.15, 0.2) is 0 Å². The molecule has 152 valence electrons. The van der Waals surface area contributed by atoms with E-state index in [4.69, 9.17) is 4.74 Å². The molecule has 2 heterocycles. The maximum absolute atomic E-state index is 12.8. The van der Waals surface area contributed by atoms with E-state index in [0.29, 0.717) is 18.8 Å². The second-order valence-corrected chi connectivity index (χ2v) is 8.89. The van der Waals surface area contributed by atoms with Crippen LogP contribution in [-0.4, -0.2) is 66.6 Å². The lowest BCUT2D eigenvalue weighted by Crippen LogP contribution is -2.51. The number of nitrogens with zero attached hydrogens (tertiary/aromatic N) is 4. The molecule has 0 saturated carbocycles. The van der Waals surface area contributed by atoms with Gasteiger partial charge in [-0.1, -0.05) is 0 Å². The quantitative estimate of drug-likeness (QED) is 0.753. The number of benzene rings is 1. The number of amides is 1. The van der Waals surface area contributed by atoms with Crippen molar-refractivity contribution in [2.75, 3.05) is 33.3 Å². The molecule has 28 heavy (non-hydrogen) atoms. The smallest absolute Gasteiger partial charge is 0.247 e. The van der Waals surface area contributed by atoms with Gasteiger partial charge in [-0.25, -0.2) is 8.42 Å². The highest BCUT2D eigenvalue weighted by molar-refractivity contribution is 7.89. The highest BCUT2D eigenvalue weighted by Gasteiger charge is 2.32. The van der Waals surface area contributed by atoms with Crippen LogP contribution in [0.4, 0.5) is 0 Å². The minimum absolute atomic E-state index is 0.0484. The molecule has 1 saturated heterocycles. The Morgan fingerprint density at radius 2 is 1.71 bits per heavy atom. The first kappa shape index (κ1) is 20.3. The highest BCUT2D eigenvalue weighted by atomic mass is 32.2. The van der Waals surface area contributed by atoms with Crippen LogP contribution in [0.5, 0.6) is 5.75 Å². The van der Waals surface area contributed by atoms with Crippen LogP contribution in [0.1, 0.15) is 24.4 Å². The molecule has 1 aliphatic heterocycles. The van der Waals surface area contributed by atoms with E-state index in [-0.39, 0.29) is 23.9 Å². The Bertz CT molecular complexity index is 945. The SMILES string of the molecule is COc1ccc(S(=O)(=O)N2CCN(C(=O)[C@@H](C)n3nc(C)cc3C)CC2)cc1. The van der Waals surface area contributed by atoms with Crippen LogP contribution in [-0.2, 0) is 14.8 Å². The number of carbonyl (C=O) groups is 1. The number of hydrogen-bond acceptors (Lipinski definition) is 5. The number of sulfonamides is 1. The molecule has 1 aromatic carbocycles. The van der Waals surface area contributed by atoms with Crippen molar-refractivity contribution >= 4 is 15.9 Å². The van der Waals surface area contributed by atoms with Crippen molar-refractivity contribution in [2.24, 2.45) is 0 Å². The molecule has 0 N–H and O–H groups in total. The molecule has 2 aromatic rings. The first-order valence-electron chi connectivity index (χ1n) is 9.20. The highest BCUT2D eigenvalue weighted by Crippen LogP contribution is 2.22. The summed E-state index contributed by atoms with van der Waals surface area (Å²) in [5.41, 5.74) is 1.80. The largest absolute Gasteiger partial charge is 0.497 e. The zero-order valence-electron chi connectivity index (χ0n) is 16.6. The van der Waals surface area contributed by atoms with Crippen molar-refractivity contribution in [1.29, 1.82) is 0 Å². The van der Waals surface area contributed by atoms with E-state index >= 15 is 0 Å². The fourth-order valence-corrected chi connectivity index (χ4v) is 4.87. The number of hydrogen-bond donors (Lipinski definition) is 0. The van der Waals surface area contributed by atoms with Gasteiger partial charge in [-0.3, -0.25) is 9.48 Å². The van der Waals surface area contributed by atoms with E-state index in [0.717, 1.165) is 11.4 Å². The van der Waals surface area contributed by atoms with Gasteiger partial charge in [0, 0.05) is 31.9 Å². The van der Waals surface area contributed by atoms with E-state index in [9.17, 15) is 13.2 Å². The van der Waals surface area contributed by atoms with E-state index in [1.165, 1.54) is 23.5 Å². The maximum atomic E-state index is 12.8. The third-order valence-corrected chi connectivity index (χ3v) is 6.93. The summed E-state index contributed by atoms with van der Waals surface area (Å²) in [7, 11) is -2.06. The van der Waals surface area contributed by atoms with Gasteiger partial charge in [0.1, 0.15) is 11.8 Å². The van der Waals surface area contributed by atoms with Gasteiger partial charge < -0.3 is 9.64 Å². The lowest BCUT2D eigenvalue weighted by atomic mass is 10.2. The number of rotatable bonds is 5. The predicted octanol–water partition coefficient (Wildman–Crippen LogP) is 1.60. The van der Waals surface area contributed by atoms with Crippen molar-refractivity contribution in [2.45, 2.75) is 31.7 Å². The summed E-state index contributed by atoms with van der Waals surface area (Å²) in [6.07, 6.45) is 0. The maximum Gasteiger partial charge on any atom is 0.247 e. The Labute approximate surface area is 165 Å². The molecule has 1 aliphatic rings. The summed E-state index contributed by atoms with van der Waals surface area (Å²) in [6.45, 7) is 6.89. The number of methoxy groups -OCH3 is 1. The van der Waals surface area contributed by atoms with Gasteiger partial charge in [-0.15, -0.1) is 0 Å². The Kier molecular flexibility index (Phi) is 5.76. The van der Waals surface area contributed by atoms with Crippen LogP contribution in [0.3, 0.4) is 0 Å². The first-order valence-corrected chi connectivity index (χ1v) is 10.6. The Balaban J connectivity index is 1.66. The normalized spacial score (nSPS) is 16.8. The Hall–Kier alpha value is -2.39. The lowest BCUT2D eigenvalue weighted by Gasteiger charge is -2.35. The summed E-state index contributed by atoms with van der Waals surface area (Å²) in [4.78, 5) is 14.8. The molecule has 1 amide bonds. The topological polar surface area (TPSA) is 84.7 Å². The molecule has 1 fully saturated rings. The van der Waals surface area contributed by atoms with Crippen molar-refractivity contribution < 1.29 is 17.9 Å². The Morgan fingerprint density at radius 3 is 2.21 bits per heavy atom. The molecule has 0 bridgehead atoms. The summed E-state index contributed by atoms with van der Waals surface area (Å²) >= 11 is 0. The molecule has 1 atom stereocenters. The minimum Gasteiger partial charge on any atom is -0.497 e. The van der Waals surface area contributed by atoms with Gasteiger partial charge in [-0.2, -0.15) is 9.40 Å². The summed E-state index contributed by atoms with van der Waals surface area (Å²) in [5, 5.41) is 4.39. The number of piperazine rings is 1. The fourth-order valence-electron chi connectivity index (χ4n) is 3.45. The molecule has 0 radical (unpaired) electrons. The van der Waals surface area contributed by atoms with Gasteiger partial charge >= 0.3 is 0 Å². The van der Waals surface area contributed by atoms with Crippen LogP contribution in [0, 0.1) is 13.8 Å². The average molecular weight is 407 g/mol. The molecular formula is C19H26N4O4S. The van der Waals surface area contributed by atoms with Crippen LogP contribution < -0.4 is 4.74 Å². The molecule has 8 nitrogen and oxygen atoms in total. The van der Waals surface area contributed by atoms with Gasteiger partial charge in [0.05, 0.1) is 17.7 Å². The molecule has 0 aliphatic carbocycles. The molecular weight excluding hydrogens is 380 g/mol. The summed E-state index contributed by atoms with van der Waals surface area (Å²) in [6, 6.07) is 7.85. The third-order valence-electron chi connectivity index (χ3n) is 5.02. The molecule has 3 rings (SSSR count). The Morgan fingerprint density at radius 1 is 1.11 bits per heavy atom. The van der Waals surface area contributed by atoms with Crippen LogP contribution in [0.25, 0.3) is 0 Å². The minimum atomic E-state index is -3.59. The van der Waals surface area contributed by atoms with E-state index in [1.54, 1.807) is 21.7 Å². The van der Waals surface area contributed by atoms with E-state index < -0.39 is 16.1 Å². The number of carbonyl (C=O) groups excluding carboxylic acids is 1. The predicted molar refractivity (Wildman–Crippen MR) is 105 cm³/mol. The van der Waals surface area contributed by atoms with Crippen molar-refractivity contribution in [3.63, 3.8) is 0 Å². The van der Waals surface area contributed by atoms with E-state index in [1.807, 2.05) is 26.8 Å². The first-order chi connectivity index (χ1) is 13.2. The van der Waals surface area contributed by atoms with Crippen molar-refractivity contribution in [1.82, 2.24) is 19.0 Å². The zero-order chi connectivity index (χ0) is 20.5. The number of aromatic nitrogens is 2. The second kappa shape index (κ2) is 7.92. The van der Waals surface area contributed by atoms with Crippen LogP contribution >= 0.6 is 0 Å². The number of aryl methyl sites for hydroxylation is 2. The van der Waals surface area contributed by atoms with Gasteiger partial charge in [0.2, 0.25) is 15.9 Å². The van der Waals surface area contributed by atoms with Crippen molar-refractivity contribution in [3.05, 3.63) is 41.7 Å². The molecule has 9 heteroatoms. The number of ether oxygens (including phenoxy) is 1. The molecule has 1 aromatic heterocycles. The zero-order valence-corrected chi connectivity index (χ0v) is 17.4. The summed E-state index contributed by atoms with van der Waals surface area (Å²) < 4.78 is 33.9. The lowest BCUT2D eigenvalue weighted by molar-refractivity contribution is -0.135. The molecule has 0 unspecified atom stereocenters. The van der Waals surface area contributed by atoms with Gasteiger partial charge in [0.25, 0.3) is 0 Å². The monoisotopic (exact) mass is 406 g/mol. The standard InChI is InChI=1S/C19H26N4O4S/c1-14-13-15(2)23(20-14)16(3)19(24)21-9-11-22(12-10-21)28(25,26)18-7-5-17(27-4)6-8-18/h5-8,13,16H,9-12H2,1-4H3/t16-/m1/s1. The third kappa shape index (κ3) is 3.90. The average Bonchev–Trinajstić information content (AvgIpc) is 3.05. The molecule has 0 spiro atoms. The van der Waals surface area contributed by atoms with Crippen molar-refractivity contribution in [3.8, 4) is 5.75 Å². The van der Waals surface area contributed by atoms with Crippen LogP contribution in [0.15, 0.2) is 35.2 Å².